The molecule has 2 heterocycles. The number of hydrogen-bond acceptors (Lipinski definition) is 4. The molecule has 0 spiro atoms. The molecular weight excluding hydrogens is 486 g/mol. The zero-order valence-corrected chi connectivity index (χ0v) is 19.8. The summed E-state index contributed by atoms with van der Waals surface area (Å²) in [4.78, 5) is 18.7. The van der Waals surface area contributed by atoms with Crippen molar-refractivity contribution in [3.63, 3.8) is 0 Å². The van der Waals surface area contributed by atoms with Gasteiger partial charge in [0, 0.05) is 34.4 Å². The fraction of sp³-hybridized carbons (Fsp3) is 0.364. The van der Waals surface area contributed by atoms with Gasteiger partial charge in [-0.1, -0.05) is 51.4 Å². The monoisotopic (exact) mass is 507 g/mol. The molecule has 1 aromatic heterocycles. The minimum Gasteiger partial charge on any atom is -0.450 e. The van der Waals surface area contributed by atoms with Gasteiger partial charge in [-0.2, -0.15) is 0 Å². The number of carbonyl (C=O) groups is 1. The fourth-order valence-corrected chi connectivity index (χ4v) is 5.22. The largest absolute Gasteiger partial charge is 0.450 e. The number of piperidine rings is 1. The zero-order chi connectivity index (χ0) is 21.1. The standard InChI is InChI=1S/C22H23BrClN3O2S/c1-2-29-22(28)26-11-9-18(10-12-26)27-20-13-17(24)7-8-19(20)25-21(27)30-14-15-3-5-16(23)6-4-15/h3-8,13,18H,2,9-12,14H2,1H3. The molecular formula is C22H23BrClN3O2S. The molecule has 3 aromatic rings. The van der Waals surface area contributed by atoms with Crippen molar-refractivity contribution < 1.29 is 9.53 Å². The number of nitrogens with zero attached hydrogens (tertiary/aromatic N) is 3. The lowest BCUT2D eigenvalue weighted by Gasteiger charge is -2.32. The Morgan fingerprint density at radius 2 is 1.97 bits per heavy atom. The minimum atomic E-state index is -0.223. The highest BCUT2D eigenvalue weighted by molar-refractivity contribution is 9.10. The molecule has 5 nitrogen and oxygen atoms in total. The van der Waals surface area contributed by atoms with Gasteiger partial charge in [0.1, 0.15) is 0 Å². The summed E-state index contributed by atoms with van der Waals surface area (Å²) in [5.41, 5.74) is 3.25. The molecule has 0 unspecified atom stereocenters. The lowest BCUT2D eigenvalue weighted by molar-refractivity contribution is 0.0923. The van der Waals surface area contributed by atoms with Gasteiger partial charge in [0.15, 0.2) is 5.16 Å². The van der Waals surface area contributed by atoms with E-state index in [-0.39, 0.29) is 12.1 Å². The van der Waals surface area contributed by atoms with Crippen LogP contribution in [0.15, 0.2) is 52.1 Å². The van der Waals surface area contributed by atoms with E-state index in [1.54, 1.807) is 16.7 Å². The van der Waals surface area contributed by atoms with Gasteiger partial charge < -0.3 is 14.2 Å². The molecule has 0 atom stereocenters. The Morgan fingerprint density at radius 1 is 1.23 bits per heavy atom. The number of hydrogen-bond donors (Lipinski definition) is 0. The van der Waals surface area contributed by atoms with Gasteiger partial charge in [0.05, 0.1) is 17.6 Å². The third kappa shape index (κ3) is 4.79. The molecule has 1 aliphatic heterocycles. The predicted molar refractivity (Wildman–Crippen MR) is 125 cm³/mol. The molecule has 4 rings (SSSR count). The maximum atomic E-state index is 12.1. The third-order valence-corrected chi connectivity index (χ3v) is 7.04. The van der Waals surface area contributed by atoms with E-state index < -0.39 is 0 Å². The lowest BCUT2D eigenvalue weighted by Crippen LogP contribution is -2.39. The summed E-state index contributed by atoms with van der Waals surface area (Å²) in [7, 11) is 0. The summed E-state index contributed by atoms with van der Waals surface area (Å²) in [6.45, 7) is 3.60. The Labute approximate surface area is 193 Å². The van der Waals surface area contributed by atoms with Crippen molar-refractivity contribution in [2.24, 2.45) is 0 Å². The van der Waals surface area contributed by atoms with Gasteiger partial charge in [-0.05, 0) is 55.7 Å². The van der Waals surface area contributed by atoms with Crippen molar-refractivity contribution in [3.05, 3.63) is 57.5 Å². The topological polar surface area (TPSA) is 47.4 Å². The molecule has 0 radical (unpaired) electrons. The van der Waals surface area contributed by atoms with Crippen LogP contribution in [0.25, 0.3) is 11.0 Å². The molecule has 1 aliphatic rings. The predicted octanol–water partition coefficient (Wildman–Crippen LogP) is 6.54. The van der Waals surface area contributed by atoms with Gasteiger partial charge >= 0.3 is 6.09 Å². The number of ether oxygens (including phenoxy) is 1. The number of rotatable bonds is 5. The van der Waals surface area contributed by atoms with Crippen LogP contribution in [0.4, 0.5) is 4.79 Å². The number of likely N-dealkylation sites (tertiary alicyclic amines) is 1. The summed E-state index contributed by atoms with van der Waals surface area (Å²) in [5, 5.41) is 1.70. The lowest BCUT2D eigenvalue weighted by atomic mass is 10.1. The van der Waals surface area contributed by atoms with Crippen molar-refractivity contribution in [2.75, 3.05) is 19.7 Å². The number of aromatic nitrogens is 2. The first-order valence-electron chi connectivity index (χ1n) is 10.0. The smallest absolute Gasteiger partial charge is 0.409 e. The minimum absolute atomic E-state index is 0.223. The Kier molecular flexibility index (Phi) is 6.91. The van der Waals surface area contributed by atoms with E-state index in [0.717, 1.165) is 39.3 Å². The quantitative estimate of drug-likeness (QED) is 0.367. The van der Waals surface area contributed by atoms with Gasteiger partial charge in [-0.25, -0.2) is 9.78 Å². The van der Waals surface area contributed by atoms with E-state index >= 15 is 0 Å². The van der Waals surface area contributed by atoms with Crippen molar-refractivity contribution in [3.8, 4) is 0 Å². The van der Waals surface area contributed by atoms with Gasteiger partial charge in [0.25, 0.3) is 0 Å². The first-order chi connectivity index (χ1) is 14.5. The number of fused-ring (bicyclic) bond motifs is 1. The summed E-state index contributed by atoms with van der Waals surface area (Å²) < 4.78 is 8.54. The van der Waals surface area contributed by atoms with Crippen molar-refractivity contribution in [1.82, 2.24) is 14.5 Å². The van der Waals surface area contributed by atoms with E-state index in [0.29, 0.717) is 24.7 Å². The second kappa shape index (κ2) is 9.62. The number of benzene rings is 2. The summed E-state index contributed by atoms with van der Waals surface area (Å²) in [5.74, 6) is 0.839. The fourth-order valence-electron chi connectivity index (χ4n) is 3.75. The molecule has 8 heteroatoms. The molecule has 1 amide bonds. The third-order valence-electron chi connectivity index (χ3n) is 5.26. The number of carbonyl (C=O) groups excluding carboxylic acids is 1. The van der Waals surface area contributed by atoms with Crippen LogP contribution in [0.2, 0.25) is 5.02 Å². The van der Waals surface area contributed by atoms with Crippen LogP contribution in [0, 0.1) is 0 Å². The first-order valence-corrected chi connectivity index (χ1v) is 12.2. The average Bonchev–Trinajstić information content (AvgIpc) is 3.11. The van der Waals surface area contributed by atoms with Crippen molar-refractivity contribution >= 4 is 56.4 Å². The van der Waals surface area contributed by atoms with Crippen LogP contribution >= 0.6 is 39.3 Å². The van der Waals surface area contributed by atoms with Crippen LogP contribution in [-0.2, 0) is 10.5 Å². The highest BCUT2D eigenvalue weighted by atomic mass is 79.9. The Balaban J connectivity index is 1.57. The molecule has 0 aliphatic carbocycles. The van der Waals surface area contributed by atoms with Crippen LogP contribution < -0.4 is 0 Å². The molecule has 0 N–H and O–H groups in total. The number of thioether (sulfide) groups is 1. The van der Waals surface area contributed by atoms with E-state index in [1.807, 2.05) is 25.1 Å². The number of halogens is 2. The van der Waals surface area contributed by atoms with Crippen LogP contribution in [0.5, 0.6) is 0 Å². The van der Waals surface area contributed by atoms with Crippen LogP contribution in [-0.4, -0.2) is 40.2 Å². The van der Waals surface area contributed by atoms with Crippen molar-refractivity contribution in [2.45, 2.75) is 36.7 Å². The number of imidazole rings is 1. The Bertz CT molecular complexity index is 1030. The van der Waals surface area contributed by atoms with E-state index in [2.05, 4.69) is 44.8 Å². The molecule has 2 aromatic carbocycles. The molecule has 1 fully saturated rings. The Hall–Kier alpha value is -1.70. The summed E-state index contributed by atoms with van der Waals surface area (Å²) in [6, 6.07) is 14.5. The second-order valence-electron chi connectivity index (χ2n) is 7.23. The SMILES string of the molecule is CCOC(=O)N1CCC(n2c(SCc3ccc(Br)cc3)nc3ccc(Cl)cc32)CC1. The molecule has 158 valence electrons. The van der Waals surface area contributed by atoms with Crippen LogP contribution in [0.3, 0.4) is 0 Å². The highest BCUT2D eigenvalue weighted by Gasteiger charge is 2.27. The maximum absolute atomic E-state index is 12.1. The maximum Gasteiger partial charge on any atom is 0.409 e. The Morgan fingerprint density at radius 3 is 2.67 bits per heavy atom. The highest BCUT2D eigenvalue weighted by Crippen LogP contribution is 2.35. The number of amides is 1. The van der Waals surface area contributed by atoms with Gasteiger partial charge in [0.2, 0.25) is 0 Å². The van der Waals surface area contributed by atoms with Gasteiger partial charge in [-0.3, -0.25) is 0 Å². The summed E-state index contributed by atoms with van der Waals surface area (Å²) in [6.07, 6.45) is 1.50. The molecule has 30 heavy (non-hydrogen) atoms. The molecule has 0 saturated carbocycles. The van der Waals surface area contributed by atoms with E-state index in [9.17, 15) is 4.79 Å². The molecule has 1 saturated heterocycles. The normalized spacial score (nSPS) is 15.0. The van der Waals surface area contributed by atoms with Crippen LogP contribution in [0.1, 0.15) is 31.4 Å². The average molecular weight is 509 g/mol. The molecule has 0 bridgehead atoms. The van der Waals surface area contributed by atoms with E-state index in [4.69, 9.17) is 21.3 Å². The first kappa shape index (κ1) is 21.5. The van der Waals surface area contributed by atoms with Gasteiger partial charge in [-0.15, -0.1) is 0 Å². The van der Waals surface area contributed by atoms with Crippen molar-refractivity contribution in [1.29, 1.82) is 0 Å². The zero-order valence-electron chi connectivity index (χ0n) is 16.7. The van der Waals surface area contributed by atoms with E-state index in [1.165, 1.54) is 5.56 Å². The summed E-state index contributed by atoms with van der Waals surface area (Å²) >= 11 is 11.5. The second-order valence-corrected chi connectivity index (χ2v) is 9.52.